The van der Waals surface area contributed by atoms with Crippen LogP contribution in [-0.2, 0) is 0 Å². The van der Waals surface area contributed by atoms with E-state index in [2.05, 4.69) is 0 Å². The fraction of sp³-hybridized carbons (Fsp3) is 0.667. The van der Waals surface area contributed by atoms with E-state index in [1.807, 2.05) is 0 Å². The van der Waals surface area contributed by atoms with Crippen molar-refractivity contribution in [2.24, 2.45) is 0 Å². The van der Waals surface area contributed by atoms with E-state index in [1.165, 1.54) is 0 Å². The molecule has 0 amide bonds. The second-order valence-corrected chi connectivity index (χ2v) is 7.86. The first-order valence-electron chi connectivity index (χ1n) is 7.23. The molecular formula is C12F22S2. The maximum absolute atomic E-state index is 13.5. The molecular weight excluding hydrogens is 626 g/mol. The standard InChI is InChI=1S/C12F22S2/c13-5(14,11(29,30)31)3(1(7(17,18)19)8(20,21)22)35-36-4(6(15,16)12(32,33)34)2(9(23,24)25)10(26,27)28. The summed E-state index contributed by atoms with van der Waals surface area (Å²) in [6.07, 6.45) is -44.6. The molecule has 0 unspecified atom stereocenters. The first kappa shape index (κ1) is 34.6. The minimum atomic E-state index is -7.55. The van der Waals surface area contributed by atoms with Crippen LogP contribution < -0.4 is 0 Å². The molecule has 0 rings (SSSR count). The molecule has 0 aromatic heterocycles. The Morgan fingerprint density at radius 3 is 0.583 bits per heavy atom. The van der Waals surface area contributed by atoms with E-state index in [0.717, 1.165) is 0 Å². The van der Waals surface area contributed by atoms with Crippen LogP contribution in [0.1, 0.15) is 0 Å². The zero-order chi connectivity index (χ0) is 29.7. The Hall–Kier alpha value is -1.36. The number of allylic oxidation sites excluding steroid dienone is 4. The summed E-state index contributed by atoms with van der Waals surface area (Å²) in [4.78, 5) is -9.17. The Bertz CT molecular complexity index is 746. The highest BCUT2D eigenvalue weighted by molar-refractivity contribution is 8.79. The quantitative estimate of drug-likeness (QED) is 0.220. The van der Waals surface area contributed by atoms with E-state index in [9.17, 15) is 96.6 Å². The Morgan fingerprint density at radius 2 is 0.472 bits per heavy atom. The highest BCUT2D eigenvalue weighted by Crippen LogP contribution is 2.61. The van der Waals surface area contributed by atoms with Crippen molar-refractivity contribution in [3.05, 3.63) is 21.0 Å². The van der Waals surface area contributed by atoms with Gasteiger partial charge in [-0.15, -0.1) is 0 Å². The second kappa shape index (κ2) is 9.75. The number of alkyl halides is 22. The molecule has 0 radical (unpaired) electrons. The van der Waals surface area contributed by atoms with Gasteiger partial charge in [0.05, 0.1) is 9.81 Å². The van der Waals surface area contributed by atoms with E-state index in [4.69, 9.17) is 0 Å². The molecule has 0 atom stereocenters. The first-order chi connectivity index (χ1) is 15.2. The monoisotopic (exact) mass is 626 g/mol. The van der Waals surface area contributed by atoms with Crippen LogP contribution in [0.15, 0.2) is 21.0 Å². The maximum atomic E-state index is 13.5. The van der Waals surface area contributed by atoms with Gasteiger partial charge in [0.2, 0.25) is 0 Å². The molecule has 0 aromatic rings. The van der Waals surface area contributed by atoms with Crippen molar-refractivity contribution >= 4 is 21.6 Å². The topological polar surface area (TPSA) is 0 Å². The van der Waals surface area contributed by atoms with Crippen LogP contribution in [0.2, 0.25) is 0 Å². The molecule has 0 aromatic carbocycles. The Kier molecular flexibility index (Phi) is 9.38. The average molecular weight is 626 g/mol. The van der Waals surface area contributed by atoms with Gasteiger partial charge in [0.1, 0.15) is 0 Å². The fourth-order valence-electron chi connectivity index (χ4n) is 1.68. The lowest BCUT2D eigenvalue weighted by Gasteiger charge is -2.29. The van der Waals surface area contributed by atoms with Crippen LogP contribution in [-0.4, -0.2) is 48.9 Å². The maximum Gasteiger partial charge on any atom is 0.458 e. The van der Waals surface area contributed by atoms with Crippen LogP contribution in [0.3, 0.4) is 0 Å². The van der Waals surface area contributed by atoms with Crippen LogP contribution in [0.5, 0.6) is 0 Å². The molecule has 24 heteroatoms. The van der Waals surface area contributed by atoms with Crippen LogP contribution in [0, 0.1) is 0 Å². The third kappa shape index (κ3) is 7.58. The Balaban J connectivity index is 7.70. The van der Waals surface area contributed by atoms with Gasteiger partial charge in [-0.3, -0.25) is 0 Å². The Morgan fingerprint density at radius 1 is 0.306 bits per heavy atom. The van der Waals surface area contributed by atoms with Gasteiger partial charge in [-0.25, -0.2) is 0 Å². The zero-order valence-electron chi connectivity index (χ0n) is 15.1. The van der Waals surface area contributed by atoms with Crippen LogP contribution in [0.4, 0.5) is 96.6 Å². The molecule has 0 heterocycles. The SMILES string of the molecule is FC(F)(F)C(=C(SSC(=C(C(F)(F)F)C(F)(F)F)C(F)(F)C(F)(F)F)C(F)(F)C(F)(F)F)C(F)(F)F. The van der Waals surface area contributed by atoms with Gasteiger partial charge in [0.15, 0.2) is 11.1 Å². The van der Waals surface area contributed by atoms with Crippen LogP contribution >= 0.6 is 21.6 Å². The number of hydrogen-bond acceptors (Lipinski definition) is 2. The number of rotatable bonds is 5. The largest absolute Gasteiger partial charge is 0.458 e. The van der Waals surface area contributed by atoms with Crippen molar-refractivity contribution in [1.29, 1.82) is 0 Å². The van der Waals surface area contributed by atoms with Gasteiger partial charge in [0, 0.05) is 0 Å². The summed E-state index contributed by atoms with van der Waals surface area (Å²) in [6.45, 7) is 0. The van der Waals surface area contributed by atoms with E-state index >= 15 is 0 Å². The van der Waals surface area contributed by atoms with Crippen molar-refractivity contribution in [3.8, 4) is 0 Å². The van der Waals surface area contributed by atoms with Gasteiger partial charge in [-0.2, -0.15) is 96.6 Å². The molecule has 0 nitrogen and oxygen atoms in total. The first-order valence-corrected chi connectivity index (χ1v) is 9.38. The summed E-state index contributed by atoms with van der Waals surface area (Å²) >= 11 is 0. The molecule has 0 aliphatic heterocycles. The molecule has 0 aliphatic rings. The molecule has 0 aliphatic carbocycles. The average Bonchev–Trinajstić information content (AvgIpc) is 2.49. The summed E-state index contributed by atoms with van der Waals surface area (Å²) in [5, 5.41) is 0. The highest BCUT2D eigenvalue weighted by atomic mass is 33.1. The summed E-state index contributed by atoms with van der Waals surface area (Å²) in [7, 11) is -5.65. The van der Waals surface area contributed by atoms with Gasteiger partial charge < -0.3 is 0 Å². The molecule has 36 heavy (non-hydrogen) atoms. The minimum Gasteiger partial charge on any atom is -0.190 e. The highest BCUT2D eigenvalue weighted by Gasteiger charge is 2.69. The lowest BCUT2D eigenvalue weighted by atomic mass is 10.1. The molecule has 0 saturated carbocycles. The van der Waals surface area contributed by atoms with E-state index in [1.54, 1.807) is 0 Å². The van der Waals surface area contributed by atoms with E-state index in [0.29, 0.717) is 0 Å². The van der Waals surface area contributed by atoms with E-state index in [-0.39, 0.29) is 0 Å². The van der Waals surface area contributed by atoms with Gasteiger partial charge in [-0.1, -0.05) is 0 Å². The molecule has 0 N–H and O–H groups in total. The lowest BCUT2D eigenvalue weighted by Crippen LogP contribution is -2.42. The predicted molar refractivity (Wildman–Crippen MR) is 75.5 cm³/mol. The van der Waals surface area contributed by atoms with Crippen molar-refractivity contribution in [2.75, 3.05) is 0 Å². The molecule has 0 fully saturated rings. The van der Waals surface area contributed by atoms with Gasteiger partial charge >= 0.3 is 48.9 Å². The molecule has 0 saturated heterocycles. The second-order valence-electron chi connectivity index (χ2n) is 5.71. The van der Waals surface area contributed by atoms with Crippen molar-refractivity contribution in [2.45, 2.75) is 48.9 Å². The smallest absolute Gasteiger partial charge is 0.190 e. The summed E-state index contributed by atoms with van der Waals surface area (Å²) in [5.41, 5.74) is -9.94. The normalized spacial score (nSPS) is 15.2. The van der Waals surface area contributed by atoms with Crippen molar-refractivity contribution in [1.82, 2.24) is 0 Å². The third-order valence-corrected chi connectivity index (χ3v) is 5.67. The lowest BCUT2D eigenvalue weighted by molar-refractivity contribution is -0.264. The summed E-state index contributed by atoms with van der Waals surface area (Å²) in [5.74, 6) is -15.0. The van der Waals surface area contributed by atoms with E-state index < -0.39 is 91.4 Å². The van der Waals surface area contributed by atoms with Gasteiger partial charge in [0.25, 0.3) is 0 Å². The van der Waals surface area contributed by atoms with Crippen molar-refractivity contribution < 1.29 is 96.6 Å². The predicted octanol–water partition coefficient (Wildman–Crippen LogP) is 9.52. The summed E-state index contributed by atoms with van der Waals surface area (Å²) < 4.78 is 281. The van der Waals surface area contributed by atoms with Crippen molar-refractivity contribution in [3.63, 3.8) is 0 Å². The molecule has 214 valence electrons. The Labute approximate surface area is 189 Å². The minimum absolute atomic E-state index is 2.82. The number of halogens is 22. The number of hydrogen-bond donors (Lipinski definition) is 0. The molecule has 0 spiro atoms. The van der Waals surface area contributed by atoms with Gasteiger partial charge in [-0.05, 0) is 21.6 Å². The summed E-state index contributed by atoms with van der Waals surface area (Å²) in [6, 6.07) is 0. The zero-order valence-corrected chi connectivity index (χ0v) is 16.8. The third-order valence-electron chi connectivity index (χ3n) is 3.08. The molecule has 0 bridgehead atoms. The van der Waals surface area contributed by atoms with Crippen LogP contribution in [0.25, 0.3) is 0 Å². The fourth-order valence-corrected chi connectivity index (χ4v) is 4.54.